The van der Waals surface area contributed by atoms with Crippen LogP contribution in [0.3, 0.4) is 0 Å². The number of guanidine groups is 1. The summed E-state index contributed by atoms with van der Waals surface area (Å²) in [4.78, 5) is 14.2. The molecule has 0 unspecified atom stereocenters. The Morgan fingerprint density at radius 3 is 2.55 bits per heavy atom. The normalized spacial score (nSPS) is 11.1. The molecule has 2 heterocycles. The molecule has 2 aromatic heterocycles. The highest BCUT2D eigenvalue weighted by atomic mass is 127. The van der Waals surface area contributed by atoms with Crippen LogP contribution < -0.4 is 10.6 Å². The second kappa shape index (κ2) is 12.0. The Morgan fingerprint density at radius 2 is 1.93 bits per heavy atom. The van der Waals surface area contributed by atoms with E-state index in [0.29, 0.717) is 6.54 Å². The summed E-state index contributed by atoms with van der Waals surface area (Å²) >= 11 is 7.68. The molecule has 154 valence electrons. The second-order valence-electron chi connectivity index (χ2n) is 6.02. The minimum atomic E-state index is 0. The van der Waals surface area contributed by atoms with Gasteiger partial charge in [0.15, 0.2) is 5.96 Å². The fourth-order valence-corrected chi connectivity index (χ4v) is 3.45. The van der Waals surface area contributed by atoms with Crippen molar-refractivity contribution in [3.8, 4) is 5.82 Å². The van der Waals surface area contributed by atoms with E-state index in [1.165, 1.54) is 4.90 Å². The molecule has 0 aliphatic carbocycles. The molecule has 0 amide bonds. The quantitative estimate of drug-likeness (QED) is 0.153. The molecule has 0 fully saturated rings. The van der Waals surface area contributed by atoms with Gasteiger partial charge in [0.1, 0.15) is 11.6 Å². The number of halogens is 2. The van der Waals surface area contributed by atoms with E-state index in [1.54, 1.807) is 25.0 Å². The van der Waals surface area contributed by atoms with Gasteiger partial charge >= 0.3 is 0 Å². The van der Waals surface area contributed by atoms with Gasteiger partial charge in [-0.2, -0.15) is 0 Å². The van der Waals surface area contributed by atoms with E-state index in [0.717, 1.165) is 40.5 Å². The fraction of sp³-hybridized carbons (Fsp3) is 0.250. The molecule has 3 aromatic rings. The SMILES string of the molecule is CN=C(NCCSc1ccc(Cl)cc1)NCc1ccc(-n2ccnc2C)nc1.I. The number of benzene rings is 1. The van der Waals surface area contributed by atoms with E-state index in [2.05, 4.69) is 31.7 Å². The predicted molar refractivity (Wildman–Crippen MR) is 132 cm³/mol. The van der Waals surface area contributed by atoms with E-state index < -0.39 is 0 Å². The number of pyridine rings is 1. The van der Waals surface area contributed by atoms with Crippen LogP contribution in [0.15, 0.2) is 64.9 Å². The molecular formula is C20H24ClIN6S. The first-order chi connectivity index (χ1) is 13.7. The number of imidazole rings is 1. The van der Waals surface area contributed by atoms with Gasteiger partial charge in [0.2, 0.25) is 0 Å². The summed E-state index contributed by atoms with van der Waals surface area (Å²) in [6, 6.07) is 11.9. The van der Waals surface area contributed by atoms with Gasteiger partial charge in [0, 0.05) is 54.4 Å². The molecule has 6 nitrogen and oxygen atoms in total. The Labute approximate surface area is 197 Å². The first kappa shape index (κ1) is 23.5. The van der Waals surface area contributed by atoms with Gasteiger partial charge in [0.05, 0.1) is 0 Å². The van der Waals surface area contributed by atoms with Crippen molar-refractivity contribution in [3.05, 3.63) is 71.4 Å². The number of aromatic nitrogens is 3. The van der Waals surface area contributed by atoms with Crippen LogP contribution in [0.5, 0.6) is 0 Å². The largest absolute Gasteiger partial charge is 0.356 e. The summed E-state index contributed by atoms with van der Waals surface area (Å²) in [5.74, 6) is 3.48. The van der Waals surface area contributed by atoms with E-state index in [-0.39, 0.29) is 24.0 Å². The summed E-state index contributed by atoms with van der Waals surface area (Å²) in [6.07, 6.45) is 5.54. The first-order valence-electron chi connectivity index (χ1n) is 8.94. The van der Waals surface area contributed by atoms with Crippen LogP contribution >= 0.6 is 47.3 Å². The van der Waals surface area contributed by atoms with Gasteiger partial charge < -0.3 is 10.6 Å². The van der Waals surface area contributed by atoms with Crippen molar-refractivity contribution < 1.29 is 0 Å². The van der Waals surface area contributed by atoms with Crippen molar-refractivity contribution in [2.45, 2.75) is 18.4 Å². The number of thioether (sulfide) groups is 1. The van der Waals surface area contributed by atoms with Crippen molar-refractivity contribution >= 4 is 53.3 Å². The Kier molecular flexibility index (Phi) is 9.75. The number of nitrogens with one attached hydrogen (secondary N) is 2. The molecule has 3 rings (SSSR count). The highest BCUT2D eigenvalue weighted by molar-refractivity contribution is 14.0. The molecule has 0 atom stereocenters. The van der Waals surface area contributed by atoms with Crippen LogP contribution in [0.25, 0.3) is 5.82 Å². The van der Waals surface area contributed by atoms with Crippen LogP contribution in [0.4, 0.5) is 0 Å². The van der Waals surface area contributed by atoms with Crippen LogP contribution in [-0.2, 0) is 6.54 Å². The van der Waals surface area contributed by atoms with Crippen molar-refractivity contribution in [1.29, 1.82) is 0 Å². The molecule has 0 saturated heterocycles. The number of aryl methyl sites for hydroxylation is 1. The van der Waals surface area contributed by atoms with Crippen molar-refractivity contribution in [2.24, 2.45) is 4.99 Å². The fourth-order valence-electron chi connectivity index (χ4n) is 2.56. The average molecular weight is 543 g/mol. The van der Waals surface area contributed by atoms with Crippen LogP contribution in [-0.4, -0.2) is 39.8 Å². The number of nitrogens with zero attached hydrogens (tertiary/aromatic N) is 4. The van der Waals surface area contributed by atoms with Gasteiger partial charge in [-0.05, 0) is 42.8 Å². The molecule has 9 heteroatoms. The highest BCUT2D eigenvalue weighted by Gasteiger charge is 2.03. The maximum absolute atomic E-state index is 5.91. The Bertz CT molecular complexity index is 911. The third-order valence-corrected chi connectivity index (χ3v) is 5.31. The predicted octanol–water partition coefficient (Wildman–Crippen LogP) is 4.30. The molecule has 0 aliphatic rings. The summed E-state index contributed by atoms with van der Waals surface area (Å²) in [5.41, 5.74) is 1.08. The summed E-state index contributed by atoms with van der Waals surface area (Å²) < 4.78 is 1.95. The number of hydrogen-bond donors (Lipinski definition) is 2. The molecule has 0 aliphatic heterocycles. The molecule has 29 heavy (non-hydrogen) atoms. The molecule has 2 N–H and O–H groups in total. The van der Waals surface area contributed by atoms with Crippen molar-refractivity contribution in [1.82, 2.24) is 25.2 Å². The van der Waals surface area contributed by atoms with Gasteiger partial charge in [-0.3, -0.25) is 9.56 Å². The van der Waals surface area contributed by atoms with E-state index in [9.17, 15) is 0 Å². The Morgan fingerprint density at radius 1 is 1.14 bits per heavy atom. The van der Waals surface area contributed by atoms with Crippen molar-refractivity contribution in [3.63, 3.8) is 0 Å². The summed E-state index contributed by atoms with van der Waals surface area (Å²) in [5, 5.41) is 7.39. The maximum atomic E-state index is 5.91. The van der Waals surface area contributed by atoms with Gasteiger partial charge in [0.25, 0.3) is 0 Å². The minimum Gasteiger partial charge on any atom is -0.356 e. The zero-order valence-electron chi connectivity index (χ0n) is 16.3. The van der Waals surface area contributed by atoms with Gasteiger partial charge in [-0.25, -0.2) is 9.97 Å². The third kappa shape index (κ3) is 7.20. The van der Waals surface area contributed by atoms with Gasteiger partial charge in [-0.15, -0.1) is 35.7 Å². The first-order valence-corrected chi connectivity index (χ1v) is 10.3. The number of hydrogen-bond acceptors (Lipinski definition) is 4. The molecule has 0 saturated carbocycles. The zero-order chi connectivity index (χ0) is 19.8. The lowest BCUT2D eigenvalue weighted by Crippen LogP contribution is -2.37. The standard InChI is InChI=1S/C20H23ClN6S.HI/c1-15-23-9-11-27(15)19-8-3-16(13-25-19)14-26-20(22-2)24-10-12-28-18-6-4-17(21)5-7-18;/h3-9,11,13H,10,12,14H2,1-2H3,(H2,22,24,26);1H. The Balaban J connectivity index is 0.00000300. The molecular weight excluding hydrogens is 519 g/mol. The van der Waals surface area contributed by atoms with Crippen LogP contribution in [0.2, 0.25) is 5.02 Å². The Hall–Kier alpha value is -1.78. The number of rotatable bonds is 7. The van der Waals surface area contributed by atoms with Crippen LogP contribution in [0, 0.1) is 6.92 Å². The zero-order valence-corrected chi connectivity index (χ0v) is 20.2. The van der Waals surface area contributed by atoms with E-state index >= 15 is 0 Å². The van der Waals surface area contributed by atoms with Crippen LogP contribution in [0.1, 0.15) is 11.4 Å². The smallest absolute Gasteiger partial charge is 0.191 e. The third-order valence-electron chi connectivity index (χ3n) is 4.04. The monoisotopic (exact) mass is 542 g/mol. The lowest BCUT2D eigenvalue weighted by Gasteiger charge is -2.12. The average Bonchev–Trinajstić information content (AvgIpc) is 3.15. The highest BCUT2D eigenvalue weighted by Crippen LogP contribution is 2.19. The molecule has 0 bridgehead atoms. The summed E-state index contributed by atoms with van der Waals surface area (Å²) in [7, 11) is 1.77. The lowest BCUT2D eigenvalue weighted by atomic mass is 10.3. The minimum absolute atomic E-state index is 0. The molecule has 0 radical (unpaired) electrons. The van der Waals surface area contributed by atoms with Gasteiger partial charge in [-0.1, -0.05) is 17.7 Å². The number of aliphatic imine (C=N–C) groups is 1. The second-order valence-corrected chi connectivity index (χ2v) is 7.63. The molecule has 0 spiro atoms. The van der Waals surface area contributed by atoms with E-state index in [1.807, 2.05) is 54.2 Å². The lowest BCUT2D eigenvalue weighted by molar-refractivity contribution is 0.826. The topological polar surface area (TPSA) is 67.1 Å². The van der Waals surface area contributed by atoms with E-state index in [4.69, 9.17) is 11.6 Å². The summed E-state index contributed by atoms with van der Waals surface area (Å²) in [6.45, 7) is 3.42. The molecule has 1 aromatic carbocycles. The maximum Gasteiger partial charge on any atom is 0.191 e. The van der Waals surface area contributed by atoms with Crippen molar-refractivity contribution in [2.75, 3.05) is 19.3 Å².